The summed E-state index contributed by atoms with van der Waals surface area (Å²) in [6.45, 7) is 14.1. The number of alkyl carbamates (subject to hydrolysis) is 1. The van der Waals surface area contributed by atoms with Crippen molar-refractivity contribution in [3.8, 4) is 5.75 Å². The standard InChI is InChI=1S/C41H68N2O12/c1-14-31-41(8,48)36(50-12)25(4)32(44)23(2)22-40(7,51-13)35(55-38-33(45)30(43(9)10)21-24(3)52-38)26(5)34(27(6)37(46)53-31)54-39(47)42-20-19-28-15-17-29(49-11)18-16-28/h15-18,23-27,30-31,33-36,38,45,48H,14,19-22H2,1-13H3,(H,42,47)/t23-,24-,25-,26+,27-,30+,31-,33-,34+,35-,36-,38+,40-,41-/m1/s1. The second-order valence-corrected chi connectivity index (χ2v) is 16.2. The van der Waals surface area contributed by atoms with Gasteiger partial charge in [-0.25, -0.2) is 4.79 Å². The second-order valence-electron chi connectivity index (χ2n) is 16.2. The first-order valence-electron chi connectivity index (χ1n) is 19.5. The Morgan fingerprint density at radius 1 is 1.00 bits per heavy atom. The summed E-state index contributed by atoms with van der Waals surface area (Å²) in [4.78, 5) is 43.9. The molecule has 0 spiro atoms. The lowest BCUT2D eigenvalue weighted by Gasteiger charge is -2.48. The molecule has 0 radical (unpaired) electrons. The number of aliphatic hydroxyl groups excluding tert-OH is 1. The maximum atomic E-state index is 14.2. The largest absolute Gasteiger partial charge is 0.497 e. The maximum absolute atomic E-state index is 14.2. The molecule has 3 rings (SSSR count). The van der Waals surface area contributed by atoms with Crippen LogP contribution in [0.4, 0.5) is 4.79 Å². The number of hydrogen-bond donors (Lipinski definition) is 3. The van der Waals surface area contributed by atoms with E-state index in [4.69, 9.17) is 33.2 Å². The molecule has 0 saturated carbocycles. The van der Waals surface area contributed by atoms with Crippen LogP contribution < -0.4 is 10.1 Å². The molecule has 14 nitrogen and oxygen atoms in total. The van der Waals surface area contributed by atoms with Gasteiger partial charge in [0.25, 0.3) is 0 Å². The van der Waals surface area contributed by atoms with Gasteiger partial charge in [0.15, 0.2) is 6.29 Å². The molecule has 2 saturated heterocycles. The number of amides is 1. The van der Waals surface area contributed by atoms with Gasteiger partial charge in [0.2, 0.25) is 0 Å². The number of nitrogens with one attached hydrogen (secondary N) is 1. The summed E-state index contributed by atoms with van der Waals surface area (Å²) in [5.41, 5.74) is -2.05. The summed E-state index contributed by atoms with van der Waals surface area (Å²) >= 11 is 0. The van der Waals surface area contributed by atoms with Gasteiger partial charge in [-0.2, -0.15) is 0 Å². The van der Waals surface area contributed by atoms with Crippen molar-refractivity contribution in [2.75, 3.05) is 42.0 Å². The molecule has 14 atom stereocenters. The average Bonchev–Trinajstić information content (AvgIpc) is 3.14. The van der Waals surface area contributed by atoms with Crippen molar-refractivity contribution in [3.63, 3.8) is 0 Å². The van der Waals surface area contributed by atoms with Gasteiger partial charge in [-0.3, -0.25) is 9.59 Å². The van der Waals surface area contributed by atoms with Crippen LogP contribution in [0.3, 0.4) is 0 Å². The van der Waals surface area contributed by atoms with Crippen molar-refractivity contribution in [2.45, 2.75) is 141 Å². The van der Waals surface area contributed by atoms with E-state index in [-0.39, 0.29) is 37.3 Å². The fraction of sp³-hybridized carbons (Fsp3) is 0.780. The quantitative estimate of drug-likeness (QED) is 0.274. The number of ketones is 1. The Morgan fingerprint density at radius 2 is 1.64 bits per heavy atom. The normalized spacial score (nSPS) is 38.2. The third kappa shape index (κ3) is 11.2. The number of carbonyl (C=O) groups excluding carboxylic acids is 3. The average molecular weight is 781 g/mol. The Balaban J connectivity index is 2.11. The van der Waals surface area contributed by atoms with Gasteiger partial charge >= 0.3 is 12.1 Å². The van der Waals surface area contributed by atoms with Crippen molar-refractivity contribution < 1.29 is 57.8 Å². The summed E-state index contributed by atoms with van der Waals surface area (Å²) in [6.07, 6.45) is -6.10. The lowest BCUT2D eigenvalue weighted by Crippen LogP contribution is -2.61. The minimum atomic E-state index is -1.76. The molecule has 2 aliphatic rings. The fourth-order valence-corrected chi connectivity index (χ4v) is 8.48. The van der Waals surface area contributed by atoms with Gasteiger partial charge in [0.1, 0.15) is 35.4 Å². The molecule has 1 aromatic carbocycles. The number of nitrogens with zero attached hydrogens (tertiary/aromatic N) is 1. The van der Waals surface area contributed by atoms with E-state index in [2.05, 4.69) is 5.32 Å². The monoisotopic (exact) mass is 780 g/mol. The minimum absolute atomic E-state index is 0.131. The molecular formula is C41H68N2O12. The number of carbonyl (C=O) groups is 3. The van der Waals surface area contributed by atoms with E-state index < -0.39 is 83.7 Å². The highest BCUT2D eigenvalue weighted by Crippen LogP contribution is 2.40. The first-order chi connectivity index (χ1) is 25.8. The van der Waals surface area contributed by atoms with E-state index in [1.54, 1.807) is 48.7 Å². The van der Waals surface area contributed by atoms with Crippen LogP contribution in [-0.2, 0) is 44.4 Å². The predicted octanol–water partition coefficient (Wildman–Crippen LogP) is 4.15. The molecule has 0 unspecified atom stereocenters. The molecule has 0 aromatic heterocycles. The van der Waals surface area contributed by atoms with Gasteiger partial charge in [-0.05, 0) is 85.2 Å². The van der Waals surface area contributed by atoms with Crippen LogP contribution in [0, 0.1) is 23.7 Å². The molecule has 0 aliphatic carbocycles. The van der Waals surface area contributed by atoms with Crippen molar-refractivity contribution in [1.29, 1.82) is 0 Å². The summed E-state index contributed by atoms with van der Waals surface area (Å²) in [5.74, 6) is -3.54. The Hall–Kier alpha value is -2.85. The topological polar surface area (TPSA) is 172 Å². The van der Waals surface area contributed by atoms with Crippen molar-refractivity contribution in [2.24, 2.45) is 23.7 Å². The van der Waals surface area contributed by atoms with Crippen LogP contribution in [-0.4, -0.2) is 135 Å². The van der Waals surface area contributed by atoms with Crippen LogP contribution >= 0.6 is 0 Å². The number of cyclic esters (lactones) is 1. The van der Waals surface area contributed by atoms with E-state index in [0.29, 0.717) is 12.8 Å². The molecule has 55 heavy (non-hydrogen) atoms. The third-order valence-corrected chi connectivity index (χ3v) is 11.8. The molecule has 1 aromatic rings. The molecule has 2 heterocycles. The Bertz CT molecular complexity index is 1390. The molecule has 14 heteroatoms. The highest BCUT2D eigenvalue weighted by molar-refractivity contribution is 5.83. The van der Waals surface area contributed by atoms with Gasteiger partial charge in [0, 0.05) is 44.6 Å². The Morgan fingerprint density at radius 3 is 2.18 bits per heavy atom. The molecule has 0 bridgehead atoms. The van der Waals surface area contributed by atoms with Crippen LogP contribution in [0.2, 0.25) is 0 Å². The molecule has 1 amide bonds. The zero-order valence-electron chi connectivity index (χ0n) is 35.2. The number of rotatable bonds is 11. The minimum Gasteiger partial charge on any atom is -0.497 e. The van der Waals surface area contributed by atoms with Crippen molar-refractivity contribution in [1.82, 2.24) is 10.2 Å². The zero-order valence-corrected chi connectivity index (χ0v) is 35.2. The molecule has 2 fully saturated rings. The number of hydrogen-bond acceptors (Lipinski definition) is 13. The van der Waals surface area contributed by atoms with E-state index in [1.165, 1.54) is 21.1 Å². The van der Waals surface area contributed by atoms with Gasteiger partial charge in [-0.15, -0.1) is 0 Å². The summed E-state index contributed by atoms with van der Waals surface area (Å²) < 4.78 is 42.4. The van der Waals surface area contributed by atoms with Crippen molar-refractivity contribution in [3.05, 3.63) is 29.8 Å². The van der Waals surface area contributed by atoms with Gasteiger partial charge in [0.05, 0.1) is 36.9 Å². The summed E-state index contributed by atoms with van der Waals surface area (Å²) in [5, 5.41) is 26.3. The number of methoxy groups -OCH3 is 3. The Labute approximate surface area is 327 Å². The SMILES string of the molecule is CC[C@H]1OC(=O)[C@H](C)[C@@H](OC(=O)NCCc2ccc(OC)cc2)[C@H](C)[C@@H](O[C@@H]2O[C@H](C)C[C@H](N(C)C)[C@H]2O)[C@](C)(OC)C[C@@H](C)C(=O)[C@@H](C)[C@@H](OC)[C@]1(C)O. The summed E-state index contributed by atoms with van der Waals surface area (Å²) in [6, 6.07) is 7.19. The first-order valence-corrected chi connectivity index (χ1v) is 19.5. The predicted molar refractivity (Wildman–Crippen MR) is 206 cm³/mol. The number of ether oxygens (including phenoxy) is 7. The highest BCUT2D eigenvalue weighted by Gasteiger charge is 2.53. The van der Waals surface area contributed by atoms with E-state index >= 15 is 0 Å². The van der Waals surface area contributed by atoms with Crippen LogP contribution in [0.5, 0.6) is 5.75 Å². The maximum Gasteiger partial charge on any atom is 0.407 e. The first kappa shape index (κ1) is 46.5. The number of esters is 1. The molecular weight excluding hydrogens is 712 g/mol. The van der Waals surface area contributed by atoms with Crippen molar-refractivity contribution >= 4 is 17.8 Å². The Kier molecular flexibility index (Phi) is 16.9. The lowest BCUT2D eigenvalue weighted by atomic mass is 9.73. The van der Waals surface area contributed by atoms with Crippen LogP contribution in [0.25, 0.3) is 0 Å². The van der Waals surface area contributed by atoms with E-state index in [1.807, 2.05) is 50.2 Å². The van der Waals surface area contributed by atoms with Crippen LogP contribution in [0.1, 0.15) is 80.2 Å². The summed E-state index contributed by atoms with van der Waals surface area (Å²) in [7, 11) is 8.25. The third-order valence-electron chi connectivity index (χ3n) is 11.8. The number of Topliss-reactive ketones (excluding diaryl/α,β-unsaturated/α-hetero) is 1. The van der Waals surface area contributed by atoms with Gasteiger partial charge in [-0.1, -0.05) is 39.8 Å². The second kappa shape index (κ2) is 20.0. The number of likely N-dealkylation sites (N-methyl/N-ethyl adjacent to an activating group) is 1. The van der Waals surface area contributed by atoms with E-state index in [0.717, 1.165) is 11.3 Å². The van der Waals surface area contributed by atoms with Crippen LogP contribution in [0.15, 0.2) is 24.3 Å². The van der Waals surface area contributed by atoms with E-state index in [9.17, 15) is 24.6 Å². The molecule has 3 N–H and O–H groups in total. The van der Waals surface area contributed by atoms with Gasteiger partial charge < -0.3 is 53.6 Å². The fourth-order valence-electron chi connectivity index (χ4n) is 8.48. The molecule has 2 aliphatic heterocycles. The lowest BCUT2D eigenvalue weighted by molar-refractivity contribution is -0.301. The zero-order chi connectivity index (χ0) is 41.4. The highest BCUT2D eigenvalue weighted by atomic mass is 16.7. The smallest absolute Gasteiger partial charge is 0.407 e. The number of benzene rings is 1. The number of aliphatic hydroxyl groups is 2. The molecule has 314 valence electrons.